The molecular weight excluding hydrogens is 430 g/mol. The predicted octanol–water partition coefficient (Wildman–Crippen LogP) is 1.52. The Balaban J connectivity index is 1.93. The van der Waals surface area contributed by atoms with Gasteiger partial charge in [-0.3, -0.25) is 14.4 Å². The van der Waals surface area contributed by atoms with Crippen molar-refractivity contribution in [3.63, 3.8) is 0 Å². The van der Waals surface area contributed by atoms with E-state index in [9.17, 15) is 22.8 Å². The van der Waals surface area contributed by atoms with Crippen molar-refractivity contribution < 1.29 is 22.8 Å². The summed E-state index contributed by atoms with van der Waals surface area (Å²) in [6.45, 7) is 6.02. The summed E-state index contributed by atoms with van der Waals surface area (Å²) >= 11 is 0. The molecule has 2 aromatic carbocycles. The molecule has 1 N–H and O–H groups in total. The molecule has 1 heterocycles. The van der Waals surface area contributed by atoms with Crippen molar-refractivity contribution in [2.75, 3.05) is 26.2 Å². The number of amides is 3. The molecule has 32 heavy (non-hydrogen) atoms. The zero-order valence-corrected chi connectivity index (χ0v) is 19.2. The number of carbonyl (C=O) groups excluding carboxylic acids is 3. The Labute approximate surface area is 188 Å². The van der Waals surface area contributed by atoms with Crippen LogP contribution in [-0.2, 0) is 19.4 Å². The van der Waals surface area contributed by atoms with E-state index in [1.165, 1.54) is 24.0 Å². The van der Waals surface area contributed by atoms with Crippen LogP contribution in [0.25, 0.3) is 0 Å². The van der Waals surface area contributed by atoms with Crippen molar-refractivity contribution in [3.05, 3.63) is 65.2 Å². The lowest BCUT2D eigenvalue weighted by atomic mass is 10.1. The molecule has 3 amide bonds. The normalized spacial score (nSPS) is 15.2. The molecule has 170 valence electrons. The average molecular weight is 458 g/mol. The summed E-state index contributed by atoms with van der Waals surface area (Å²) < 4.78 is 26.9. The lowest BCUT2D eigenvalue weighted by Gasteiger charge is -2.36. The van der Waals surface area contributed by atoms with E-state index in [0.717, 1.165) is 5.56 Å². The van der Waals surface area contributed by atoms with Crippen molar-refractivity contribution in [1.29, 1.82) is 0 Å². The number of rotatable bonds is 5. The van der Waals surface area contributed by atoms with Gasteiger partial charge in [0.15, 0.2) is 0 Å². The van der Waals surface area contributed by atoms with Gasteiger partial charge in [-0.2, -0.15) is 0 Å². The molecule has 2 aromatic rings. The van der Waals surface area contributed by atoms with Gasteiger partial charge in [0.25, 0.3) is 11.8 Å². The van der Waals surface area contributed by atoms with E-state index < -0.39 is 27.0 Å². The Morgan fingerprint density at radius 2 is 1.44 bits per heavy atom. The molecule has 8 nitrogen and oxygen atoms in total. The molecule has 0 aromatic heterocycles. The average Bonchev–Trinajstić information content (AvgIpc) is 2.77. The molecule has 0 spiro atoms. The van der Waals surface area contributed by atoms with E-state index in [0.29, 0.717) is 24.2 Å². The number of carbonyl (C=O) groups is 3. The van der Waals surface area contributed by atoms with Gasteiger partial charge in [0.05, 0.1) is 4.90 Å². The quantitative estimate of drug-likeness (QED) is 0.733. The number of piperazine rings is 1. The first kappa shape index (κ1) is 23.5. The summed E-state index contributed by atoms with van der Waals surface area (Å²) in [4.78, 5) is 40.8. The van der Waals surface area contributed by atoms with Crippen molar-refractivity contribution in [2.45, 2.75) is 31.0 Å². The van der Waals surface area contributed by atoms with Crippen molar-refractivity contribution in [3.8, 4) is 0 Å². The van der Waals surface area contributed by atoms with Crippen LogP contribution in [0.3, 0.4) is 0 Å². The molecule has 1 saturated heterocycles. The van der Waals surface area contributed by atoms with Gasteiger partial charge in [0.2, 0.25) is 21.1 Å². The van der Waals surface area contributed by atoms with Gasteiger partial charge in [-0.15, -0.1) is 0 Å². The maximum Gasteiger partial charge on any atom is 0.261 e. The molecule has 0 bridgehead atoms. The standard InChI is InChI=1S/C23H27N3O5S/c1-16-8-10-19(11-9-16)32(30,31)22(24-21(28)20-7-5-4-6-17(20)2)23(29)26-14-12-25(13-15-26)18(3)27/h4-11,22H,12-15H2,1-3H3,(H,24,28)/t22-/m0/s1. The van der Waals surface area contributed by atoms with Crippen LogP contribution < -0.4 is 5.32 Å². The number of hydrogen-bond donors (Lipinski definition) is 1. The van der Waals surface area contributed by atoms with E-state index in [-0.39, 0.29) is 23.9 Å². The van der Waals surface area contributed by atoms with Crippen LogP contribution >= 0.6 is 0 Å². The predicted molar refractivity (Wildman–Crippen MR) is 120 cm³/mol. The summed E-state index contributed by atoms with van der Waals surface area (Å²) in [6, 6.07) is 12.9. The summed E-state index contributed by atoms with van der Waals surface area (Å²) in [6.07, 6.45) is 0. The van der Waals surface area contributed by atoms with E-state index in [1.807, 2.05) is 6.92 Å². The largest absolute Gasteiger partial charge is 0.339 e. The molecule has 0 radical (unpaired) electrons. The fourth-order valence-electron chi connectivity index (χ4n) is 3.57. The summed E-state index contributed by atoms with van der Waals surface area (Å²) in [5.41, 5.74) is 1.83. The molecule has 9 heteroatoms. The number of aryl methyl sites for hydroxylation is 2. The molecule has 1 atom stereocenters. The second-order valence-electron chi connectivity index (χ2n) is 7.86. The fourth-order valence-corrected chi connectivity index (χ4v) is 5.03. The Morgan fingerprint density at radius 1 is 0.875 bits per heavy atom. The maximum atomic E-state index is 13.4. The SMILES string of the molecule is CC(=O)N1CCN(C(=O)[C@@H](NC(=O)c2ccccc2C)S(=O)(=O)c2ccc(C)cc2)CC1. The van der Waals surface area contributed by atoms with E-state index in [2.05, 4.69) is 5.32 Å². The molecule has 1 fully saturated rings. The lowest BCUT2D eigenvalue weighted by molar-refractivity contribution is -0.138. The highest BCUT2D eigenvalue weighted by Gasteiger charge is 2.39. The Bertz CT molecular complexity index is 1120. The minimum atomic E-state index is -4.22. The fraction of sp³-hybridized carbons (Fsp3) is 0.348. The van der Waals surface area contributed by atoms with Gasteiger partial charge in [0.1, 0.15) is 0 Å². The number of nitrogens with one attached hydrogen (secondary N) is 1. The van der Waals surface area contributed by atoms with Gasteiger partial charge in [0, 0.05) is 38.7 Å². The molecule has 0 saturated carbocycles. The summed E-state index contributed by atoms with van der Waals surface area (Å²) in [5, 5.41) is 0.683. The van der Waals surface area contributed by atoms with Gasteiger partial charge in [-0.25, -0.2) is 8.42 Å². The number of hydrogen-bond acceptors (Lipinski definition) is 5. The van der Waals surface area contributed by atoms with Crippen LogP contribution in [0.4, 0.5) is 0 Å². The minimum absolute atomic E-state index is 0.0473. The van der Waals surface area contributed by atoms with Gasteiger partial charge in [-0.1, -0.05) is 35.9 Å². The zero-order chi connectivity index (χ0) is 23.5. The minimum Gasteiger partial charge on any atom is -0.339 e. The van der Waals surface area contributed by atoms with Crippen LogP contribution in [0, 0.1) is 13.8 Å². The Hall–Kier alpha value is -3.20. The second kappa shape index (κ2) is 9.52. The van der Waals surface area contributed by atoms with Gasteiger partial charge in [-0.05, 0) is 37.6 Å². The Morgan fingerprint density at radius 3 is 2.00 bits per heavy atom. The molecule has 0 aliphatic carbocycles. The van der Waals surface area contributed by atoms with Crippen LogP contribution in [0.5, 0.6) is 0 Å². The summed E-state index contributed by atoms with van der Waals surface area (Å²) in [7, 11) is -4.22. The highest BCUT2D eigenvalue weighted by molar-refractivity contribution is 7.92. The third-order valence-corrected chi connectivity index (χ3v) is 7.44. The molecular formula is C23H27N3O5S. The van der Waals surface area contributed by atoms with E-state index in [1.54, 1.807) is 48.2 Å². The first-order valence-electron chi connectivity index (χ1n) is 10.3. The topological polar surface area (TPSA) is 104 Å². The van der Waals surface area contributed by atoms with Gasteiger partial charge >= 0.3 is 0 Å². The maximum absolute atomic E-state index is 13.4. The smallest absolute Gasteiger partial charge is 0.261 e. The molecule has 1 aliphatic heterocycles. The monoisotopic (exact) mass is 457 g/mol. The Kier molecular flexibility index (Phi) is 6.98. The number of nitrogens with zero attached hydrogens (tertiary/aromatic N) is 2. The molecule has 1 aliphatic rings. The highest BCUT2D eigenvalue weighted by Crippen LogP contribution is 2.19. The van der Waals surface area contributed by atoms with Crippen LogP contribution in [0.2, 0.25) is 0 Å². The van der Waals surface area contributed by atoms with Crippen LogP contribution in [0.15, 0.2) is 53.4 Å². The lowest BCUT2D eigenvalue weighted by Crippen LogP contribution is -2.57. The zero-order valence-electron chi connectivity index (χ0n) is 18.4. The first-order chi connectivity index (χ1) is 15.1. The van der Waals surface area contributed by atoms with Crippen molar-refractivity contribution in [1.82, 2.24) is 15.1 Å². The van der Waals surface area contributed by atoms with Crippen molar-refractivity contribution in [2.24, 2.45) is 0 Å². The van der Waals surface area contributed by atoms with Gasteiger partial charge < -0.3 is 15.1 Å². The van der Waals surface area contributed by atoms with Crippen LogP contribution in [-0.4, -0.2) is 67.5 Å². The third-order valence-electron chi connectivity index (χ3n) is 5.57. The van der Waals surface area contributed by atoms with Crippen LogP contribution in [0.1, 0.15) is 28.4 Å². The third kappa shape index (κ3) is 4.99. The first-order valence-corrected chi connectivity index (χ1v) is 11.9. The van der Waals surface area contributed by atoms with E-state index >= 15 is 0 Å². The number of benzene rings is 2. The molecule has 3 rings (SSSR count). The van der Waals surface area contributed by atoms with E-state index in [4.69, 9.17) is 0 Å². The molecule has 0 unspecified atom stereocenters. The summed E-state index contributed by atoms with van der Waals surface area (Å²) in [5.74, 6) is -1.45. The highest BCUT2D eigenvalue weighted by atomic mass is 32.2. The second-order valence-corrected chi connectivity index (χ2v) is 9.89. The number of sulfone groups is 1. The van der Waals surface area contributed by atoms with Crippen molar-refractivity contribution >= 4 is 27.6 Å².